The van der Waals surface area contributed by atoms with Gasteiger partial charge in [0.15, 0.2) is 0 Å². The molecule has 2 heteroatoms. The van der Waals surface area contributed by atoms with Crippen molar-refractivity contribution in [1.29, 1.82) is 0 Å². The van der Waals surface area contributed by atoms with Crippen LogP contribution in [0.15, 0.2) is 29.2 Å². The van der Waals surface area contributed by atoms with E-state index in [1.54, 1.807) is 0 Å². The third-order valence-electron chi connectivity index (χ3n) is 3.01. The van der Waals surface area contributed by atoms with Crippen molar-refractivity contribution in [2.24, 2.45) is 11.7 Å². The Hall–Kier alpha value is -0.470. The second-order valence-corrected chi connectivity index (χ2v) is 6.25. The molecular weight excluding hydrogens is 226 g/mol. The van der Waals surface area contributed by atoms with E-state index < -0.39 is 0 Å². The number of hydrogen-bond donors (Lipinski definition) is 1. The maximum Gasteiger partial charge on any atom is 0.00721 e. The number of thioether (sulfide) groups is 1. The van der Waals surface area contributed by atoms with E-state index in [4.69, 9.17) is 5.73 Å². The Morgan fingerprint density at radius 1 is 1.06 bits per heavy atom. The maximum absolute atomic E-state index is 5.59. The topological polar surface area (TPSA) is 26.0 Å². The highest BCUT2D eigenvalue weighted by Crippen LogP contribution is 2.24. The fourth-order valence-electron chi connectivity index (χ4n) is 1.72. The standard InChI is InChI=1S/C15H25NS/c1-12(2)9-11-17-15-6-4-14(5-7-15)13(3)8-10-16/h4-7,12-13H,8-11,16H2,1-3H3. The van der Waals surface area contributed by atoms with Crippen molar-refractivity contribution in [1.82, 2.24) is 0 Å². The third-order valence-corrected chi connectivity index (χ3v) is 4.06. The molecule has 1 atom stereocenters. The number of benzene rings is 1. The van der Waals surface area contributed by atoms with Gasteiger partial charge in [0.05, 0.1) is 0 Å². The van der Waals surface area contributed by atoms with Crippen molar-refractivity contribution in [2.75, 3.05) is 12.3 Å². The van der Waals surface area contributed by atoms with Gasteiger partial charge >= 0.3 is 0 Å². The van der Waals surface area contributed by atoms with Crippen molar-refractivity contribution in [2.45, 2.75) is 44.4 Å². The Morgan fingerprint density at radius 3 is 2.24 bits per heavy atom. The molecule has 1 unspecified atom stereocenters. The van der Waals surface area contributed by atoms with Gasteiger partial charge in [0, 0.05) is 4.90 Å². The van der Waals surface area contributed by atoms with Gasteiger partial charge in [-0.2, -0.15) is 0 Å². The van der Waals surface area contributed by atoms with Gasteiger partial charge < -0.3 is 5.73 Å². The molecule has 0 aliphatic carbocycles. The predicted octanol–water partition coefficient (Wildman–Crippen LogP) is 4.28. The summed E-state index contributed by atoms with van der Waals surface area (Å²) in [5.41, 5.74) is 6.99. The van der Waals surface area contributed by atoms with Crippen LogP contribution in [0.1, 0.15) is 45.1 Å². The van der Waals surface area contributed by atoms with Crippen LogP contribution in [0.4, 0.5) is 0 Å². The Labute approximate surface area is 110 Å². The van der Waals surface area contributed by atoms with Crippen molar-refractivity contribution in [3.63, 3.8) is 0 Å². The lowest BCUT2D eigenvalue weighted by Gasteiger charge is -2.11. The van der Waals surface area contributed by atoms with Crippen LogP contribution >= 0.6 is 11.8 Å². The molecule has 0 saturated carbocycles. The zero-order valence-corrected chi connectivity index (χ0v) is 12.1. The molecule has 96 valence electrons. The molecule has 1 rings (SSSR count). The molecular formula is C15H25NS. The lowest BCUT2D eigenvalue weighted by atomic mass is 9.98. The summed E-state index contributed by atoms with van der Waals surface area (Å²) in [6, 6.07) is 8.98. The van der Waals surface area contributed by atoms with Crippen LogP contribution in [-0.4, -0.2) is 12.3 Å². The van der Waals surface area contributed by atoms with Gasteiger partial charge in [-0.25, -0.2) is 0 Å². The fourth-order valence-corrected chi connectivity index (χ4v) is 2.88. The molecule has 0 fully saturated rings. The molecule has 0 aliphatic rings. The van der Waals surface area contributed by atoms with E-state index in [2.05, 4.69) is 45.0 Å². The highest BCUT2D eigenvalue weighted by atomic mass is 32.2. The quantitative estimate of drug-likeness (QED) is 0.732. The van der Waals surface area contributed by atoms with E-state index in [1.165, 1.54) is 22.6 Å². The molecule has 1 aromatic carbocycles. The lowest BCUT2D eigenvalue weighted by molar-refractivity contribution is 0.632. The lowest BCUT2D eigenvalue weighted by Crippen LogP contribution is -2.04. The predicted molar refractivity (Wildman–Crippen MR) is 78.7 cm³/mol. The Bertz CT molecular complexity index is 305. The first kappa shape index (κ1) is 14.6. The van der Waals surface area contributed by atoms with Crippen molar-refractivity contribution in [3.05, 3.63) is 29.8 Å². The second kappa shape index (κ2) is 7.78. The van der Waals surface area contributed by atoms with E-state index in [9.17, 15) is 0 Å². The van der Waals surface area contributed by atoms with Gasteiger partial charge in [-0.1, -0.05) is 32.9 Å². The average Bonchev–Trinajstić information content (AvgIpc) is 2.30. The van der Waals surface area contributed by atoms with Crippen LogP contribution in [0.2, 0.25) is 0 Å². The van der Waals surface area contributed by atoms with Gasteiger partial charge in [0.25, 0.3) is 0 Å². The van der Waals surface area contributed by atoms with Gasteiger partial charge in [-0.15, -0.1) is 11.8 Å². The molecule has 0 heterocycles. The van der Waals surface area contributed by atoms with Crippen LogP contribution in [0.5, 0.6) is 0 Å². The van der Waals surface area contributed by atoms with Crippen molar-refractivity contribution in [3.8, 4) is 0 Å². The van der Waals surface area contributed by atoms with Crippen LogP contribution < -0.4 is 5.73 Å². The number of hydrogen-bond acceptors (Lipinski definition) is 2. The molecule has 2 N–H and O–H groups in total. The van der Waals surface area contributed by atoms with E-state index in [-0.39, 0.29) is 0 Å². The molecule has 1 nitrogen and oxygen atoms in total. The summed E-state index contributed by atoms with van der Waals surface area (Å²) in [5, 5.41) is 0. The molecule has 0 radical (unpaired) electrons. The summed E-state index contributed by atoms with van der Waals surface area (Å²) in [5.74, 6) is 2.59. The third kappa shape index (κ3) is 5.60. The minimum absolute atomic E-state index is 0.578. The van der Waals surface area contributed by atoms with E-state index >= 15 is 0 Å². The molecule has 0 bridgehead atoms. The first-order valence-electron chi connectivity index (χ1n) is 6.56. The highest BCUT2D eigenvalue weighted by molar-refractivity contribution is 7.99. The summed E-state index contributed by atoms with van der Waals surface area (Å²) in [6.45, 7) is 7.57. The maximum atomic E-state index is 5.59. The fraction of sp³-hybridized carbons (Fsp3) is 0.600. The highest BCUT2D eigenvalue weighted by Gasteiger charge is 2.04. The van der Waals surface area contributed by atoms with Crippen molar-refractivity contribution < 1.29 is 0 Å². The minimum atomic E-state index is 0.578. The summed E-state index contributed by atoms with van der Waals surface area (Å²) >= 11 is 1.96. The normalized spacial score (nSPS) is 13.0. The molecule has 17 heavy (non-hydrogen) atoms. The average molecular weight is 251 g/mol. The zero-order chi connectivity index (χ0) is 12.7. The van der Waals surface area contributed by atoms with Gasteiger partial charge in [-0.3, -0.25) is 0 Å². The van der Waals surface area contributed by atoms with E-state index in [0.717, 1.165) is 18.9 Å². The summed E-state index contributed by atoms with van der Waals surface area (Å²) in [4.78, 5) is 1.38. The number of nitrogens with two attached hydrogens (primary N) is 1. The first-order valence-corrected chi connectivity index (χ1v) is 7.55. The molecule has 0 aliphatic heterocycles. The minimum Gasteiger partial charge on any atom is -0.330 e. The smallest absolute Gasteiger partial charge is 0.00721 e. The van der Waals surface area contributed by atoms with Crippen LogP contribution in [0.25, 0.3) is 0 Å². The van der Waals surface area contributed by atoms with Crippen LogP contribution in [0, 0.1) is 5.92 Å². The Balaban J connectivity index is 2.44. The molecule has 1 aromatic rings. The number of rotatable bonds is 7. The summed E-state index contributed by atoms with van der Waals surface area (Å²) in [6.07, 6.45) is 2.36. The van der Waals surface area contributed by atoms with Crippen LogP contribution in [0.3, 0.4) is 0 Å². The first-order chi connectivity index (χ1) is 8.13. The van der Waals surface area contributed by atoms with Gasteiger partial charge in [0.2, 0.25) is 0 Å². The van der Waals surface area contributed by atoms with E-state index in [1.807, 2.05) is 11.8 Å². The molecule has 0 aromatic heterocycles. The molecule has 0 spiro atoms. The summed E-state index contributed by atoms with van der Waals surface area (Å²) < 4.78 is 0. The zero-order valence-electron chi connectivity index (χ0n) is 11.3. The largest absolute Gasteiger partial charge is 0.330 e. The molecule has 0 amide bonds. The van der Waals surface area contributed by atoms with Crippen LogP contribution in [-0.2, 0) is 0 Å². The Kier molecular flexibility index (Phi) is 6.68. The summed E-state index contributed by atoms with van der Waals surface area (Å²) in [7, 11) is 0. The van der Waals surface area contributed by atoms with Gasteiger partial charge in [-0.05, 0) is 54.7 Å². The van der Waals surface area contributed by atoms with Gasteiger partial charge in [0.1, 0.15) is 0 Å². The Morgan fingerprint density at radius 2 is 1.71 bits per heavy atom. The monoisotopic (exact) mass is 251 g/mol. The van der Waals surface area contributed by atoms with Crippen molar-refractivity contribution >= 4 is 11.8 Å². The SMILES string of the molecule is CC(C)CCSc1ccc(C(C)CCN)cc1. The molecule has 0 saturated heterocycles. The second-order valence-electron chi connectivity index (χ2n) is 5.08. The van der Waals surface area contributed by atoms with E-state index in [0.29, 0.717) is 5.92 Å².